The van der Waals surface area contributed by atoms with Gasteiger partial charge in [-0.3, -0.25) is 19.4 Å². The summed E-state index contributed by atoms with van der Waals surface area (Å²) in [6.07, 6.45) is 2.99. The molecule has 0 unspecified atom stereocenters. The smallest absolute Gasteiger partial charge is 0.333 e. The van der Waals surface area contributed by atoms with Crippen molar-refractivity contribution in [3.8, 4) is 0 Å². The van der Waals surface area contributed by atoms with Crippen molar-refractivity contribution in [1.82, 2.24) is 14.4 Å². The van der Waals surface area contributed by atoms with Gasteiger partial charge in [0.25, 0.3) is 11.8 Å². The number of para-hydroxylation sites is 1. The molecule has 1 N–H and O–H groups in total. The van der Waals surface area contributed by atoms with E-state index in [1.807, 2.05) is 0 Å². The first-order valence-corrected chi connectivity index (χ1v) is 7.88. The lowest BCUT2D eigenvalue weighted by atomic mass is 10.1. The van der Waals surface area contributed by atoms with Gasteiger partial charge in [0.05, 0.1) is 0 Å². The van der Waals surface area contributed by atoms with Crippen LogP contribution in [0.25, 0.3) is 17.0 Å². The Balaban J connectivity index is 2.18. The summed E-state index contributed by atoms with van der Waals surface area (Å²) in [6.45, 7) is 1.54. The molecule has 1 aromatic carbocycles. The molecule has 0 aliphatic carbocycles. The second-order valence-electron chi connectivity index (χ2n) is 6.09. The molecule has 1 aliphatic rings. The third-order valence-corrected chi connectivity index (χ3v) is 4.49. The lowest BCUT2D eigenvalue weighted by molar-refractivity contribution is -0.140. The molecule has 1 aromatic heterocycles. The number of carbonyl (C=O) groups excluding carboxylic acids is 3. The van der Waals surface area contributed by atoms with E-state index in [1.54, 1.807) is 42.0 Å². The summed E-state index contributed by atoms with van der Waals surface area (Å²) in [4.78, 5) is 49.7. The van der Waals surface area contributed by atoms with E-state index in [4.69, 9.17) is 0 Å². The fourth-order valence-corrected chi connectivity index (χ4v) is 2.92. The standard InChI is InChI=1S/C18H17N3O5/c1-10(17(24)25)21-9-11(12-6-4-5-7-14(12)21)8-13-15(22)19(2)18(26)20(3)16(13)23/h4-10H,1-3H3,(H,24,25)/t10-/m0/s1. The highest BCUT2D eigenvalue weighted by Gasteiger charge is 2.38. The Morgan fingerprint density at radius 2 is 1.65 bits per heavy atom. The number of amides is 4. The SMILES string of the molecule is C[C@@H](C(=O)O)n1cc(C=C2C(=O)N(C)C(=O)N(C)C2=O)c2ccccc21. The molecule has 1 saturated heterocycles. The van der Waals surface area contributed by atoms with Crippen molar-refractivity contribution in [3.05, 3.63) is 41.6 Å². The summed E-state index contributed by atoms with van der Waals surface area (Å²) in [5.74, 6) is -2.39. The van der Waals surface area contributed by atoms with Crippen molar-refractivity contribution in [2.24, 2.45) is 0 Å². The van der Waals surface area contributed by atoms with Crippen molar-refractivity contribution in [1.29, 1.82) is 0 Å². The number of barbiturate groups is 1. The molecule has 2 heterocycles. The highest BCUT2D eigenvalue weighted by atomic mass is 16.4. The third kappa shape index (κ3) is 2.55. The number of hydrogen-bond donors (Lipinski definition) is 1. The summed E-state index contributed by atoms with van der Waals surface area (Å²) in [7, 11) is 2.61. The average molecular weight is 355 g/mol. The molecule has 4 amide bonds. The van der Waals surface area contributed by atoms with Crippen molar-refractivity contribution in [2.75, 3.05) is 14.1 Å². The van der Waals surface area contributed by atoms with E-state index in [1.165, 1.54) is 20.2 Å². The summed E-state index contributed by atoms with van der Waals surface area (Å²) in [6, 6.07) is 5.59. The molecule has 8 nitrogen and oxygen atoms in total. The average Bonchev–Trinajstić information content (AvgIpc) is 3.00. The number of nitrogens with zero attached hydrogens (tertiary/aromatic N) is 3. The Morgan fingerprint density at radius 3 is 2.23 bits per heavy atom. The third-order valence-electron chi connectivity index (χ3n) is 4.49. The van der Waals surface area contributed by atoms with Gasteiger partial charge in [-0.2, -0.15) is 0 Å². The Labute approximate surface area is 148 Å². The Hall–Kier alpha value is -3.42. The van der Waals surface area contributed by atoms with Crippen LogP contribution in [-0.4, -0.2) is 57.4 Å². The molecule has 0 spiro atoms. The van der Waals surface area contributed by atoms with Crippen molar-refractivity contribution < 1.29 is 24.3 Å². The first kappa shape index (κ1) is 17.4. The van der Waals surface area contributed by atoms with E-state index >= 15 is 0 Å². The largest absolute Gasteiger partial charge is 0.480 e. The van der Waals surface area contributed by atoms with E-state index in [-0.39, 0.29) is 5.57 Å². The van der Waals surface area contributed by atoms with E-state index < -0.39 is 29.9 Å². The zero-order valence-electron chi connectivity index (χ0n) is 14.5. The quantitative estimate of drug-likeness (QED) is 0.667. The molecule has 0 radical (unpaired) electrons. The number of hydrogen-bond acceptors (Lipinski definition) is 4. The van der Waals surface area contributed by atoms with Crippen LogP contribution in [0.1, 0.15) is 18.5 Å². The molecule has 26 heavy (non-hydrogen) atoms. The van der Waals surface area contributed by atoms with Crippen LogP contribution in [0.2, 0.25) is 0 Å². The molecule has 1 atom stereocenters. The lowest BCUT2D eigenvalue weighted by Crippen LogP contribution is -2.52. The second-order valence-corrected chi connectivity index (χ2v) is 6.09. The van der Waals surface area contributed by atoms with Crippen LogP contribution < -0.4 is 0 Å². The van der Waals surface area contributed by atoms with Gasteiger partial charge < -0.3 is 9.67 Å². The predicted octanol–water partition coefficient (Wildman–Crippen LogP) is 1.72. The molecule has 1 aliphatic heterocycles. The van der Waals surface area contributed by atoms with Gasteiger partial charge in [0, 0.05) is 36.8 Å². The number of rotatable bonds is 3. The lowest BCUT2D eigenvalue weighted by Gasteiger charge is -2.28. The number of aliphatic carboxylic acids is 1. The van der Waals surface area contributed by atoms with Gasteiger partial charge in [-0.25, -0.2) is 9.59 Å². The van der Waals surface area contributed by atoms with Crippen molar-refractivity contribution in [3.63, 3.8) is 0 Å². The minimum atomic E-state index is -1.00. The molecule has 3 rings (SSSR count). The summed E-state index contributed by atoms with van der Waals surface area (Å²) < 4.78 is 1.57. The number of benzene rings is 1. The number of carboxylic acid groups (broad SMARTS) is 1. The molecule has 8 heteroatoms. The number of carboxylic acids is 1. The predicted molar refractivity (Wildman–Crippen MR) is 93.2 cm³/mol. The fraction of sp³-hybridized carbons (Fsp3) is 0.222. The van der Waals surface area contributed by atoms with Crippen LogP contribution in [0.4, 0.5) is 4.79 Å². The molecule has 0 bridgehead atoms. The normalized spacial score (nSPS) is 16.4. The van der Waals surface area contributed by atoms with E-state index in [0.29, 0.717) is 16.5 Å². The van der Waals surface area contributed by atoms with Gasteiger partial charge in [0.2, 0.25) is 0 Å². The number of carbonyl (C=O) groups is 4. The maximum atomic E-state index is 12.4. The minimum Gasteiger partial charge on any atom is -0.480 e. The zero-order chi connectivity index (χ0) is 19.2. The van der Waals surface area contributed by atoms with E-state index in [0.717, 1.165) is 9.80 Å². The number of fused-ring (bicyclic) bond motifs is 1. The monoisotopic (exact) mass is 355 g/mol. The van der Waals surface area contributed by atoms with Gasteiger partial charge in [-0.05, 0) is 19.1 Å². The molecular formula is C18H17N3O5. The Kier molecular flexibility index (Phi) is 4.11. The van der Waals surface area contributed by atoms with Crippen LogP contribution in [0, 0.1) is 0 Å². The van der Waals surface area contributed by atoms with Crippen LogP contribution in [0.5, 0.6) is 0 Å². The fourth-order valence-electron chi connectivity index (χ4n) is 2.92. The van der Waals surface area contributed by atoms with Gasteiger partial charge >= 0.3 is 12.0 Å². The van der Waals surface area contributed by atoms with E-state index in [2.05, 4.69) is 0 Å². The number of urea groups is 1. The zero-order valence-corrected chi connectivity index (χ0v) is 14.5. The first-order chi connectivity index (χ1) is 12.2. The topological polar surface area (TPSA) is 99.9 Å². The summed E-state index contributed by atoms with van der Waals surface area (Å²) in [5, 5.41) is 10.0. The minimum absolute atomic E-state index is 0.152. The summed E-state index contributed by atoms with van der Waals surface area (Å²) in [5.41, 5.74) is 1.05. The Morgan fingerprint density at radius 1 is 1.08 bits per heavy atom. The molecule has 1 fully saturated rings. The van der Waals surface area contributed by atoms with Gasteiger partial charge in [0.1, 0.15) is 11.6 Å². The van der Waals surface area contributed by atoms with Crippen molar-refractivity contribution >= 4 is 40.8 Å². The molecule has 134 valence electrons. The Bertz CT molecular complexity index is 962. The highest BCUT2D eigenvalue weighted by Crippen LogP contribution is 2.28. The first-order valence-electron chi connectivity index (χ1n) is 7.88. The maximum absolute atomic E-state index is 12.4. The van der Waals surface area contributed by atoms with Crippen LogP contribution in [-0.2, 0) is 14.4 Å². The van der Waals surface area contributed by atoms with E-state index in [9.17, 15) is 24.3 Å². The van der Waals surface area contributed by atoms with Crippen LogP contribution >= 0.6 is 0 Å². The van der Waals surface area contributed by atoms with Crippen molar-refractivity contribution in [2.45, 2.75) is 13.0 Å². The molecule has 0 saturated carbocycles. The number of likely N-dealkylation sites (N-methyl/N-ethyl adjacent to an activating group) is 2. The van der Waals surface area contributed by atoms with Gasteiger partial charge in [-0.1, -0.05) is 18.2 Å². The number of imide groups is 2. The maximum Gasteiger partial charge on any atom is 0.333 e. The summed E-state index contributed by atoms with van der Waals surface area (Å²) >= 11 is 0. The number of aromatic nitrogens is 1. The molecular weight excluding hydrogens is 338 g/mol. The van der Waals surface area contributed by atoms with Crippen LogP contribution in [0.15, 0.2) is 36.0 Å². The van der Waals surface area contributed by atoms with Crippen LogP contribution in [0.3, 0.4) is 0 Å². The highest BCUT2D eigenvalue weighted by molar-refractivity contribution is 6.31. The van der Waals surface area contributed by atoms with Gasteiger partial charge in [-0.15, -0.1) is 0 Å². The second kappa shape index (κ2) is 6.14. The molecule has 2 aromatic rings. The van der Waals surface area contributed by atoms with Gasteiger partial charge in [0.15, 0.2) is 0 Å².